The van der Waals surface area contributed by atoms with E-state index in [0.29, 0.717) is 0 Å². The van der Waals surface area contributed by atoms with Crippen LogP contribution < -0.4 is 9.64 Å². The molecule has 0 aliphatic heterocycles. The van der Waals surface area contributed by atoms with Crippen molar-refractivity contribution in [2.75, 3.05) is 19.0 Å². The highest BCUT2D eigenvalue weighted by Gasteiger charge is 2.06. The van der Waals surface area contributed by atoms with E-state index in [2.05, 4.69) is 6.07 Å². The summed E-state index contributed by atoms with van der Waals surface area (Å²) in [5.41, 5.74) is 0.588. The van der Waals surface area contributed by atoms with E-state index >= 15 is 0 Å². The number of nitrogens with zero attached hydrogens (tertiary/aromatic N) is 1. The topological polar surface area (TPSA) is 12.5 Å². The molecule has 1 aromatic carbocycles. The number of anilines is 1. The number of alkyl halides is 1. The molecule has 1 radical (unpaired) electrons. The van der Waals surface area contributed by atoms with Crippen molar-refractivity contribution in [3.63, 3.8) is 0 Å². The molecule has 0 fully saturated rings. The largest absolute Gasteiger partial charge is 0.473 e. The molecule has 0 saturated carbocycles. The van der Waals surface area contributed by atoms with Crippen LogP contribution in [0.1, 0.15) is 6.92 Å². The quantitative estimate of drug-likeness (QED) is 0.747. The van der Waals surface area contributed by atoms with Gasteiger partial charge in [-0.15, -0.1) is 12.4 Å². The number of halogens is 2. The minimum Gasteiger partial charge on any atom is -0.473 e. The third kappa shape index (κ3) is 3.64. The van der Waals surface area contributed by atoms with Crippen LogP contribution in [0.2, 0.25) is 0 Å². The van der Waals surface area contributed by atoms with Gasteiger partial charge < -0.3 is 9.64 Å². The Kier molecular flexibility index (Phi) is 5.73. The third-order valence-corrected chi connectivity index (χ3v) is 1.62. The van der Waals surface area contributed by atoms with Crippen molar-refractivity contribution in [2.24, 2.45) is 0 Å². The van der Waals surface area contributed by atoms with Gasteiger partial charge in [0, 0.05) is 20.2 Å². The van der Waals surface area contributed by atoms with Gasteiger partial charge in [-0.05, 0) is 13.0 Å². The maximum atomic E-state index is 5.73. The fourth-order valence-electron chi connectivity index (χ4n) is 1.03. The average molecular weight is 235 g/mol. The van der Waals surface area contributed by atoms with Crippen LogP contribution in [0, 0.1) is 6.07 Å². The summed E-state index contributed by atoms with van der Waals surface area (Å²) >= 11 is 5.73. The summed E-state index contributed by atoms with van der Waals surface area (Å²) in [5.74, 6) is 0.759. The van der Waals surface area contributed by atoms with E-state index in [1.807, 2.05) is 37.2 Å². The number of para-hydroxylation sites is 1. The molecule has 4 heteroatoms. The van der Waals surface area contributed by atoms with E-state index in [1.54, 1.807) is 6.92 Å². The van der Waals surface area contributed by atoms with Gasteiger partial charge in [-0.1, -0.05) is 23.7 Å². The van der Waals surface area contributed by atoms with E-state index < -0.39 is 0 Å². The van der Waals surface area contributed by atoms with Crippen LogP contribution in [0.3, 0.4) is 0 Å². The van der Waals surface area contributed by atoms with Crippen molar-refractivity contribution in [1.82, 2.24) is 0 Å². The lowest BCUT2D eigenvalue weighted by Gasteiger charge is -2.17. The van der Waals surface area contributed by atoms with Gasteiger partial charge in [-0.3, -0.25) is 0 Å². The molecule has 0 heterocycles. The Morgan fingerprint density at radius 1 is 1.50 bits per heavy atom. The number of hydrogen-bond acceptors (Lipinski definition) is 2. The van der Waals surface area contributed by atoms with Crippen molar-refractivity contribution in [1.29, 1.82) is 0 Å². The molecule has 0 aliphatic carbocycles. The van der Waals surface area contributed by atoms with E-state index in [0.717, 1.165) is 11.4 Å². The number of benzene rings is 1. The molecule has 0 amide bonds. The zero-order valence-corrected chi connectivity index (χ0v) is 10.0. The van der Waals surface area contributed by atoms with Crippen molar-refractivity contribution in [2.45, 2.75) is 12.5 Å². The van der Waals surface area contributed by atoms with Crippen LogP contribution in [-0.4, -0.2) is 19.7 Å². The fraction of sp³-hybridized carbons (Fsp3) is 0.400. The fourth-order valence-corrected chi connectivity index (χ4v) is 1.13. The van der Waals surface area contributed by atoms with Gasteiger partial charge in [-0.25, -0.2) is 0 Å². The molecule has 0 spiro atoms. The summed E-state index contributed by atoms with van der Waals surface area (Å²) in [4.78, 5) is 1.94. The summed E-state index contributed by atoms with van der Waals surface area (Å²) in [5, 5.41) is 0. The Hall–Kier alpha value is -0.600. The minimum atomic E-state index is -0.325. The van der Waals surface area contributed by atoms with Crippen LogP contribution in [-0.2, 0) is 0 Å². The van der Waals surface area contributed by atoms with E-state index in [9.17, 15) is 0 Å². The predicted molar refractivity (Wildman–Crippen MR) is 62.8 cm³/mol. The Morgan fingerprint density at radius 2 is 2.14 bits per heavy atom. The normalized spacial score (nSPS) is 11.4. The first-order valence-electron chi connectivity index (χ1n) is 4.10. The van der Waals surface area contributed by atoms with Gasteiger partial charge in [0.05, 0.1) is 5.69 Å². The van der Waals surface area contributed by atoms with Crippen LogP contribution in [0.25, 0.3) is 0 Å². The molecule has 0 aliphatic rings. The Balaban J connectivity index is 0.00000169. The molecule has 1 aromatic rings. The van der Waals surface area contributed by atoms with Crippen molar-refractivity contribution in [3.8, 4) is 5.75 Å². The molecule has 2 nitrogen and oxygen atoms in total. The highest BCUT2D eigenvalue weighted by atomic mass is 35.5. The second kappa shape index (κ2) is 5.99. The van der Waals surface area contributed by atoms with Gasteiger partial charge in [0.15, 0.2) is 5.56 Å². The molecular formula is C10H14Cl2NO. The van der Waals surface area contributed by atoms with Gasteiger partial charge in [0.25, 0.3) is 0 Å². The van der Waals surface area contributed by atoms with E-state index in [4.69, 9.17) is 16.3 Å². The predicted octanol–water partition coefficient (Wildman–Crippen LogP) is 2.94. The van der Waals surface area contributed by atoms with Crippen LogP contribution in [0.4, 0.5) is 5.69 Å². The first-order valence-corrected chi connectivity index (χ1v) is 4.53. The van der Waals surface area contributed by atoms with Gasteiger partial charge in [-0.2, -0.15) is 0 Å². The van der Waals surface area contributed by atoms with E-state index in [-0.39, 0.29) is 18.0 Å². The lowest BCUT2D eigenvalue weighted by Crippen LogP contribution is -2.12. The van der Waals surface area contributed by atoms with E-state index in [1.165, 1.54) is 0 Å². The second-order valence-corrected chi connectivity index (χ2v) is 3.55. The molecule has 0 bridgehead atoms. The van der Waals surface area contributed by atoms with Gasteiger partial charge in [0.1, 0.15) is 5.75 Å². The monoisotopic (exact) mass is 234 g/mol. The second-order valence-electron chi connectivity index (χ2n) is 2.94. The smallest absolute Gasteiger partial charge is 0.169 e. The average Bonchev–Trinajstić information content (AvgIpc) is 2.03. The van der Waals surface area contributed by atoms with Crippen molar-refractivity contribution in [3.05, 3.63) is 24.3 Å². The summed E-state index contributed by atoms with van der Waals surface area (Å²) < 4.78 is 5.40. The SMILES string of the molecule is CC(Cl)Oc1ccc[c]c1N(C)C.Cl. The summed E-state index contributed by atoms with van der Waals surface area (Å²) in [7, 11) is 3.88. The van der Waals surface area contributed by atoms with Crippen LogP contribution in [0.5, 0.6) is 5.75 Å². The molecule has 1 atom stereocenters. The van der Waals surface area contributed by atoms with Gasteiger partial charge in [0.2, 0.25) is 0 Å². The molecular weight excluding hydrogens is 221 g/mol. The number of hydrogen-bond donors (Lipinski definition) is 0. The molecule has 14 heavy (non-hydrogen) atoms. The molecule has 0 saturated heterocycles. The van der Waals surface area contributed by atoms with Gasteiger partial charge >= 0.3 is 0 Å². The Morgan fingerprint density at radius 3 is 2.64 bits per heavy atom. The molecule has 1 unspecified atom stereocenters. The molecule has 0 aromatic heterocycles. The van der Waals surface area contributed by atoms with Crippen molar-refractivity contribution < 1.29 is 4.74 Å². The lowest BCUT2D eigenvalue weighted by atomic mass is 10.3. The first-order chi connectivity index (χ1) is 6.11. The summed E-state index contributed by atoms with van der Waals surface area (Å²) in [6.07, 6.45) is 0. The summed E-state index contributed by atoms with van der Waals surface area (Å²) in [6.45, 7) is 1.79. The molecule has 1 rings (SSSR count). The van der Waals surface area contributed by atoms with Crippen LogP contribution >= 0.6 is 24.0 Å². The Labute approximate surface area is 96.2 Å². The zero-order chi connectivity index (χ0) is 9.84. The Bertz CT molecular complexity index is 277. The number of rotatable bonds is 3. The maximum absolute atomic E-state index is 5.73. The molecule has 79 valence electrons. The third-order valence-electron chi connectivity index (χ3n) is 1.53. The lowest BCUT2D eigenvalue weighted by molar-refractivity contribution is 0.302. The zero-order valence-electron chi connectivity index (χ0n) is 8.45. The number of ether oxygens (including phenoxy) is 1. The molecule has 0 N–H and O–H groups in total. The first kappa shape index (κ1) is 13.4. The minimum absolute atomic E-state index is 0. The standard InChI is InChI=1S/C10H13ClNO.ClH/c1-8(11)13-10-7-5-4-6-9(10)12(2)3;/h4-5,7-8H,1-3H3;1H. The van der Waals surface area contributed by atoms with Crippen molar-refractivity contribution >= 4 is 29.7 Å². The van der Waals surface area contributed by atoms with Crippen LogP contribution in [0.15, 0.2) is 18.2 Å². The highest BCUT2D eigenvalue weighted by Crippen LogP contribution is 2.26. The summed E-state index contributed by atoms with van der Waals surface area (Å²) in [6, 6.07) is 8.69. The highest BCUT2D eigenvalue weighted by molar-refractivity contribution is 6.19. The maximum Gasteiger partial charge on any atom is 0.169 e.